The average molecular weight is 223 g/mol. The van der Waals surface area contributed by atoms with Crippen molar-refractivity contribution >= 4 is 6.09 Å². The molecule has 2 aliphatic heterocycles. The van der Waals surface area contributed by atoms with Crippen molar-refractivity contribution in [3.63, 3.8) is 0 Å². The summed E-state index contributed by atoms with van der Waals surface area (Å²) in [6.45, 7) is 9.58. The van der Waals surface area contributed by atoms with E-state index < -0.39 is 5.60 Å². The molecule has 0 saturated carbocycles. The summed E-state index contributed by atoms with van der Waals surface area (Å²) in [4.78, 5) is 14.0. The molecule has 2 fully saturated rings. The molecule has 3 heteroatoms. The summed E-state index contributed by atoms with van der Waals surface area (Å²) in [5, 5.41) is 0. The number of fused-ring (bicyclic) bond motifs is 2. The molecule has 1 amide bonds. The number of carbonyl (C=O) groups excluding carboxylic acids is 1. The lowest BCUT2D eigenvalue weighted by Crippen LogP contribution is -2.40. The molecule has 0 unspecified atom stereocenters. The van der Waals surface area contributed by atoms with E-state index >= 15 is 0 Å². The van der Waals surface area contributed by atoms with E-state index in [1.54, 1.807) is 0 Å². The Bertz CT molecular complexity index is 306. The fraction of sp³-hybridized carbons (Fsp3) is 0.769. The van der Waals surface area contributed by atoms with Gasteiger partial charge in [-0.05, 0) is 46.0 Å². The van der Waals surface area contributed by atoms with Gasteiger partial charge in [0.15, 0.2) is 0 Å². The van der Waals surface area contributed by atoms with Gasteiger partial charge in [-0.3, -0.25) is 0 Å². The van der Waals surface area contributed by atoms with E-state index in [9.17, 15) is 4.79 Å². The van der Waals surface area contributed by atoms with E-state index in [2.05, 4.69) is 6.58 Å². The van der Waals surface area contributed by atoms with Crippen LogP contribution in [0.5, 0.6) is 0 Å². The second-order valence-electron chi connectivity index (χ2n) is 5.82. The average Bonchev–Trinajstić information content (AvgIpc) is 2.70. The van der Waals surface area contributed by atoms with Crippen molar-refractivity contribution in [3.8, 4) is 0 Å². The second-order valence-corrected chi connectivity index (χ2v) is 5.82. The van der Waals surface area contributed by atoms with E-state index in [1.807, 2.05) is 31.7 Å². The maximum absolute atomic E-state index is 12.1. The van der Waals surface area contributed by atoms with Crippen LogP contribution in [0.3, 0.4) is 0 Å². The first-order valence-electron chi connectivity index (χ1n) is 6.06. The lowest BCUT2D eigenvalue weighted by molar-refractivity contribution is 0.0210. The predicted octanol–water partition coefficient (Wildman–Crippen LogP) is 2.96. The monoisotopic (exact) mass is 223 g/mol. The maximum atomic E-state index is 12.1. The van der Waals surface area contributed by atoms with Crippen LogP contribution in [0, 0.1) is 5.92 Å². The highest BCUT2D eigenvalue weighted by Crippen LogP contribution is 2.42. The molecule has 2 saturated heterocycles. The quantitative estimate of drug-likeness (QED) is 0.640. The molecule has 16 heavy (non-hydrogen) atoms. The molecule has 3 atom stereocenters. The molecule has 2 aliphatic rings. The molecule has 2 rings (SSSR count). The van der Waals surface area contributed by atoms with Crippen LogP contribution in [0.4, 0.5) is 4.79 Å². The van der Waals surface area contributed by atoms with Crippen molar-refractivity contribution in [3.05, 3.63) is 12.7 Å². The van der Waals surface area contributed by atoms with Crippen molar-refractivity contribution in [2.45, 2.75) is 57.7 Å². The minimum absolute atomic E-state index is 0.149. The summed E-state index contributed by atoms with van der Waals surface area (Å²) in [6.07, 6.45) is 5.12. The molecular formula is C13H21NO2. The highest BCUT2D eigenvalue weighted by molar-refractivity contribution is 5.70. The Labute approximate surface area is 97.5 Å². The van der Waals surface area contributed by atoms with Crippen molar-refractivity contribution in [1.82, 2.24) is 4.90 Å². The first-order chi connectivity index (χ1) is 7.42. The Morgan fingerprint density at radius 2 is 2.12 bits per heavy atom. The third-order valence-corrected chi connectivity index (χ3v) is 3.49. The van der Waals surface area contributed by atoms with Gasteiger partial charge in [0.2, 0.25) is 0 Å². The number of ether oxygens (including phenoxy) is 1. The Morgan fingerprint density at radius 1 is 1.44 bits per heavy atom. The molecule has 0 aromatic rings. The van der Waals surface area contributed by atoms with Crippen LogP contribution in [0.25, 0.3) is 0 Å². The largest absolute Gasteiger partial charge is 0.444 e. The maximum Gasteiger partial charge on any atom is 0.410 e. The van der Waals surface area contributed by atoms with E-state index in [1.165, 1.54) is 0 Å². The van der Waals surface area contributed by atoms with Crippen LogP contribution in [0.15, 0.2) is 12.7 Å². The lowest BCUT2D eigenvalue weighted by atomic mass is 9.89. The molecule has 0 aromatic carbocycles. The number of hydrogen-bond donors (Lipinski definition) is 0. The molecule has 2 bridgehead atoms. The normalized spacial score (nSPS) is 32.9. The zero-order valence-electron chi connectivity index (χ0n) is 10.4. The van der Waals surface area contributed by atoms with E-state index in [-0.39, 0.29) is 6.09 Å². The van der Waals surface area contributed by atoms with Crippen LogP contribution in [0.2, 0.25) is 0 Å². The van der Waals surface area contributed by atoms with Gasteiger partial charge in [0.1, 0.15) is 5.60 Å². The number of nitrogens with zero attached hydrogens (tertiary/aromatic N) is 1. The molecule has 0 aromatic heterocycles. The Kier molecular flexibility index (Phi) is 2.72. The SMILES string of the molecule is C=C[C@@H]1C[C@H]2CC[C@@H]1N2C(=O)OC(C)(C)C. The van der Waals surface area contributed by atoms with Gasteiger partial charge in [0, 0.05) is 12.1 Å². The molecule has 3 nitrogen and oxygen atoms in total. The second kappa shape index (κ2) is 3.79. The van der Waals surface area contributed by atoms with Gasteiger partial charge in [-0.2, -0.15) is 0 Å². The Balaban J connectivity index is 2.06. The predicted molar refractivity (Wildman–Crippen MR) is 63.2 cm³/mol. The minimum Gasteiger partial charge on any atom is -0.444 e. The van der Waals surface area contributed by atoms with Crippen molar-refractivity contribution in [2.75, 3.05) is 0 Å². The summed E-state index contributed by atoms with van der Waals surface area (Å²) in [5.41, 5.74) is -0.400. The topological polar surface area (TPSA) is 29.5 Å². The van der Waals surface area contributed by atoms with Gasteiger partial charge >= 0.3 is 6.09 Å². The number of rotatable bonds is 1. The zero-order chi connectivity index (χ0) is 11.9. The standard InChI is InChI=1S/C13H21NO2/c1-5-9-8-10-6-7-11(9)14(10)12(15)16-13(2,3)4/h5,9-11H,1,6-8H2,2-4H3/t9-,10-,11+/m1/s1. The summed E-state index contributed by atoms with van der Waals surface area (Å²) in [5.74, 6) is 0.464. The molecule has 2 heterocycles. The van der Waals surface area contributed by atoms with E-state index in [0.717, 1.165) is 19.3 Å². The molecule has 90 valence electrons. The van der Waals surface area contributed by atoms with Crippen molar-refractivity contribution < 1.29 is 9.53 Å². The van der Waals surface area contributed by atoms with Crippen LogP contribution in [-0.4, -0.2) is 28.7 Å². The summed E-state index contributed by atoms with van der Waals surface area (Å²) >= 11 is 0. The minimum atomic E-state index is -0.400. The van der Waals surface area contributed by atoms with Crippen LogP contribution < -0.4 is 0 Å². The van der Waals surface area contributed by atoms with E-state index in [4.69, 9.17) is 4.74 Å². The molecule has 0 N–H and O–H groups in total. The van der Waals surface area contributed by atoms with Crippen molar-refractivity contribution in [1.29, 1.82) is 0 Å². The molecule has 0 radical (unpaired) electrons. The van der Waals surface area contributed by atoms with Crippen molar-refractivity contribution in [2.24, 2.45) is 5.92 Å². The van der Waals surface area contributed by atoms with Gasteiger partial charge in [-0.25, -0.2) is 4.79 Å². The number of hydrogen-bond acceptors (Lipinski definition) is 2. The Morgan fingerprint density at radius 3 is 2.62 bits per heavy atom. The summed E-state index contributed by atoms with van der Waals surface area (Å²) in [7, 11) is 0. The Hall–Kier alpha value is -0.990. The lowest BCUT2D eigenvalue weighted by Gasteiger charge is -2.27. The smallest absolute Gasteiger partial charge is 0.410 e. The van der Waals surface area contributed by atoms with Gasteiger partial charge in [0.25, 0.3) is 0 Å². The third-order valence-electron chi connectivity index (χ3n) is 3.49. The van der Waals surface area contributed by atoms with Gasteiger partial charge in [-0.15, -0.1) is 6.58 Å². The molecular weight excluding hydrogens is 202 g/mol. The first kappa shape index (κ1) is 11.5. The number of carbonyl (C=O) groups is 1. The van der Waals surface area contributed by atoms with Crippen LogP contribution >= 0.6 is 0 Å². The van der Waals surface area contributed by atoms with Crippen LogP contribution in [-0.2, 0) is 4.74 Å². The zero-order valence-corrected chi connectivity index (χ0v) is 10.4. The summed E-state index contributed by atoms with van der Waals surface area (Å²) in [6, 6.07) is 0.709. The first-order valence-corrected chi connectivity index (χ1v) is 6.06. The third kappa shape index (κ3) is 1.95. The fourth-order valence-corrected chi connectivity index (χ4v) is 2.89. The van der Waals surface area contributed by atoms with Gasteiger partial charge in [-0.1, -0.05) is 6.08 Å². The highest BCUT2D eigenvalue weighted by Gasteiger charge is 2.48. The molecule has 0 aliphatic carbocycles. The molecule has 0 spiro atoms. The van der Waals surface area contributed by atoms with Crippen LogP contribution in [0.1, 0.15) is 40.0 Å². The fourth-order valence-electron chi connectivity index (χ4n) is 2.89. The van der Waals surface area contributed by atoms with E-state index in [0.29, 0.717) is 18.0 Å². The highest BCUT2D eigenvalue weighted by atomic mass is 16.6. The number of amides is 1. The van der Waals surface area contributed by atoms with Gasteiger partial charge in [0.05, 0.1) is 0 Å². The van der Waals surface area contributed by atoms with Gasteiger partial charge < -0.3 is 9.64 Å². The summed E-state index contributed by atoms with van der Waals surface area (Å²) < 4.78 is 5.45.